The van der Waals surface area contributed by atoms with Crippen molar-refractivity contribution in [3.05, 3.63) is 70.1 Å². The number of ether oxygens (including phenoxy) is 1. The minimum atomic E-state index is -0.425. The minimum absolute atomic E-state index is 0.123. The molecular weight excluding hydrogens is 242 g/mol. The average Bonchev–Trinajstić information content (AvgIpc) is 2.46. The summed E-state index contributed by atoms with van der Waals surface area (Å²) in [6.07, 6.45) is 1.52. The lowest BCUT2D eigenvalue weighted by Crippen LogP contribution is -2.19. The van der Waals surface area contributed by atoms with E-state index in [9.17, 15) is 9.59 Å². The molecule has 0 saturated carbocycles. The molecule has 4 heteroatoms. The zero-order valence-corrected chi connectivity index (χ0v) is 10.7. The Balaban J connectivity index is 2.06. The van der Waals surface area contributed by atoms with Crippen LogP contribution in [0.4, 0.5) is 0 Å². The number of hydrogen-bond donors (Lipinski definition) is 0. The van der Waals surface area contributed by atoms with Gasteiger partial charge in [0.15, 0.2) is 0 Å². The van der Waals surface area contributed by atoms with Gasteiger partial charge in [-0.2, -0.15) is 0 Å². The van der Waals surface area contributed by atoms with Crippen molar-refractivity contribution in [2.24, 2.45) is 0 Å². The Morgan fingerprint density at radius 3 is 2.58 bits per heavy atom. The first-order valence-corrected chi connectivity index (χ1v) is 6.12. The van der Waals surface area contributed by atoms with Gasteiger partial charge in [0.1, 0.15) is 6.61 Å². The summed E-state index contributed by atoms with van der Waals surface area (Å²) in [6, 6.07) is 12.3. The van der Waals surface area contributed by atoms with Crippen molar-refractivity contribution in [2.75, 3.05) is 0 Å². The molecule has 0 spiro atoms. The topological polar surface area (TPSA) is 48.3 Å². The third-order valence-corrected chi connectivity index (χ3v) is 2.77. The number of aryl methyl sites for hydroxylation is 1. The molecule has 1 aromatic heterocycles. The number of carbonyl (C=O) groups excluding carboxylic acids is 1. The molecule has 19 heavy (non-hydrogen) atoms. The Morgan fingerprint density at radius 1 is 1.16 bits per heavy atom. The molecule has 0 N–H and O–H groups in total. The van der Waals surface area contributed by atoms with E-state index < -0.39 is 5.97 Å². The zero-order chi connectivity index (χ0) is 13.7. The summed E-state index contributed by atoms with van der Waals surface area (Å²) in [5.41, 5.74) is 1.19. The van der Waals surface area contributed by atoms with Gasteiger partial charge in [-0.1, -0.05) is 30.3 Å². The van der Waals surface area contributed by atoms with E-state index in [1.165, 1.54) is 22.9 Å². The molecule has 0 aliphatic heterocycles. The van der Waals surface area contributed by atoms with Gasteiger partial charge in [-0.05, 0) is 18.6 Å². The van der Waals surface area contributed by atoms with Gasteiger partial charge < -0.3 is 9.30 Å². The van der Waals surface area contributed by atoms with Crippen LogP contribution >= 0.6 is 0 Å². The summed E-state index contributed by atoms with van der Waals surface area (Å²) < 4.78 is 6.67. The summed E-state index contributed by atoms with van der Waals surface area (Å²) in [5.74, 6) is -0.425. The Kier molecular flexibility index (Phi) is 4.13. The fraction of sp³-hybridized carbons (Fsp3) is 0.200. The van der Waals surface area contributed by atoms with E-state index in [1.54, 1.807) is 0 Å². The van der Waals surface area contributed by atoms with Crippen molar-refractivity contribution in [1.29, 1.82) is 0 Å². The number of pyridine rings is 1. The lowest BCUT2D eigenvalue weighted by atomic mass is 10.2. The second kappa shape index (κ2) is 6.00. The third kappa shape index (κ3) is 3.31. The van der Waals surface area contributed by atoms with Crippen molar-refractivity contribution in [1.82, 2.24) is 4.57 Å². The lowest BCUT2D eigenvalue weighted by molar-refractivity contribution is 0.0471. The van der Waals surface area contributed by atoms with Gasteiger partial charge in [0.2, 0.25) is 0 Å². The van der Waals surface area contributed by atoms with Gasteiger partial charge in [-0.3, -0.25) is 4.79 Å². The van der Waals surface area contributed by atoms with Gasteiger partial charge in [-0.25, -0.2) is 4.79 Å². The first-order chi connectivity index (χ1) is 9.20. The smallest absolute Gasteiger partial charge is 0.339 e. The molecule has 0 unspecified atom stereocenters. The standard InChI is InChI=1S/C15H15NO3/c1-2-16-10-13(8-9-14(16)17)15(18)19-11-12-6-4-3-5-7-12/h3-10H,2,11H2,1H3. The number of carbonyl (C=O) groups is 1. The SMILES string of the molecule is CCn1cc(C(=O)OCc2ccccc2)ccc1=O. The molecule has 1 aromatic carbocycles. The number of esters is 1. The first-order valence-electron chi connectivity index (χ1n) is 6.12. The molecule has 0 bridgehead atoms. The number of rotatable bonds is 4. The van der Waals surface area contributed by atoms with Crippen LogP contribution in [0.1, 0.15) is 22.8 Å². The van der Waals surface area contributed by atoms with Crippen LogP contribution in [0, 0.1) is 0 Å². The van der Waals surface area contributed by atoms with Crippen LogP contribution in [0.3, 0.4) is 0 Å². The highest BCUT2D eigenvalue weighted by molar-refractivity contribution is 5.88. The van der Waals surface area contributed by atoms with Gasteiger partial charge in [0, 0.05) is 18.8 Å². The zero-order valence-electron chi connectivity index (χ0n) is 10.7. The summed E-state index contributed by atoms with van der Waals surface area (Å²) in [7, 11) is 0. The quantitative estimate of drug-likeness (QED) is 0.789. The molecule has 0 radical (unpaired) electrons. The van der Waals surface area contributed by atoms with Crippen molar-refractivity contribution in [3.8, 4) is 0 Å². The van der Waals surface area contributed by atoms with Crippen LogP contribution < -0.4 is 5.56 Å². The van der Waals surface area contributed by atoms with E-state index in [2.05, 4.69) is 0 Å². The van der Waals surface area contributed by atoms with E-state index in [1.807, 2.05) is 37.3 Å². The summed E-state index contributed by atoms with van der Waals surface area (Å²) in [5, 5.41) is 0. The molecule has 0 saturated heterocycles. The van der Waals surface area contributed by atoms with E-state index >= 15 is 0 Å². The van der Waals surface area contributed by atoms with Gasteiger partial charge in [0.05, 0.1) is 5.56 Å². The number of benzene rings is 1. The van der Waals surface area contributed by atoms with E-state index in [-0.39, 0.29) is 12.2 Å². The predicted molar refractivity (Wildman–Crippen MR) is 71.9 cm³/mol. The maximum atomic E-state index is 11.9. The molecule has 0 aliphatic carbocycles. The molecule has 0 atom stereocenters. The summed E-state index contributed by atoms with van der Waals surface area (Å²) in [6.45, 7) is 2.60. The van der Waals surface area contributed by atoms with E-state index in [0.717, 1.165) is 5.56 Å². The van der Waals surface area contributed by atoms with Crippen LogP contribution in [0.15, 0.2) is 53.5 Å². The number of hydrogen-bond acceptors (Lipinski definition) is 3. The molecule has 1 heterocycles. The maximum absolute atomic E-state index is 11.9. The Morgan fingerprint density at radius 2 is 1.89 bits per heavy atom. The largest absolute Gasteiger partial charge is 0.457 e. The lowest BCUT2D eigenvalue weighted by Gasteiger charge is -2.07. The predicted octanol–water partition coefficient (Wildman–Crippen LogP) is 2.23. The van der Waals surface area contributed by atoms with Crippen LogP contribution in [0.25, 0.3) is 0 Å². The second-order valence-electron chi connectivity index (χ2n) is 4.10. The summed E-state index contributed by atoms with van der Waals surface area (Å²) >= 11 is 0. The fourth-order valence-electron chi connectivity index (χ4n) is 1.71. The summed E-state index contributed by atoms with van der Waals surface area (Å²) in [4.78, 5) is 23.3. The van der Waals surface area contributed by atoms with Gasteiger partial charge in [-0.15, -0.1) is 0 Å². The van der Waals surface area contributed by atoms with Crippen LogP contribution in [-0.2, 0) is 17.9 Å². The minimum Gasteiger partial charge on any atom is -0.457 e. The molecule has 2 aromatic rings. The average molecular weight is 257 g/mol. The number of nitrogens with zero attached hydrogens (tertiary/aromatic N) is 1. The fourth-order valence-corrected chi connectivity index (χ4v) is 1.71. The van der Waals surface area contributed by atoms with Crippen LogP contribution in [0.2, 0.25) is 0 Å². The molecule has 0 fully saturated rings. The first kappa shape index (κ1) is 13.1. The molecule has 4 nitrogen and oxygen atoms in total. The molecule has 0 amide bonds. The molecule has 0 aliphatic rings. The van der Waals surface area contributed by atoms with Crippen LogP contribution in [-0.4, -0.2) is 10.5 Å². The Bertz CT molecular complexity index is 617. The van der Waals surface area contributed by atoms with Crippen molar-refractivity contribution in [2.45, 2.75) is 20.1 Å². The van der Waals surface area contributed by atoms with Crippen molar-refractivity contribution in [3.63, 3.8) is 0 Å². The molecule has 98 valence electrons. The van der Waals surface area contributed by atoms with Gasteiger partial charge >= 0.3 is 5.97 Å². The maximum Gasteiger partial charge on any atom is 0.339 e. The van der Waals surface area contributed by atoms with Gasteiger partial charge in [0.25, 0.3) is 5.56 Å². The second-order valence-corrected chi connectivity index (χ2v) is 4.10. The van der Waals surface area contributed by atoms with Crippen LogP contribution in [0.5, 0.6) is 0 Å². The molecular formula is C15H15NO3. The van der Waals surface area contributed by atoms with E-state index in [0.29, 0.717) is 12.1 Å². The highest BCUT2D eigenvalue weighted by atomic mass is 16.5. The Labute approximate surface area is 111 Å². The molecule has 2 rings (SSSR count). The monoisotopic (exact) mass is 257 g/mol. The normalized spacial score (nSPS) is 10.2. The third-order valence-electron chi connectivity index (χ3n) is 2.77. The highest BCUT2D eigenvalue weighted by Gasteiger charge is 2.08. The highest BCUT2D eigenvalue weighted by Crippen LogP contribution is 2.05. The Hall–Kier alpha value is -2.36. The van der Waals surface area contributed by atoms with Crippen molar-refractivity contribution >= 4 is 5.97 Å². The van der Waals surface area contributed by atoms with Crippen molar-refractivity contribution < 1.29 is 9.53 Å². The van der Waals surface area contributed by atoms with E-state index in [4.69, 9.17) is 4.74 Å². The number of aromatic nitrogens is 1.